The highest BCUT2D eigenvalue weighted by Crippen LogP contribution is 2.29. The smallest absolute Gasteiger partial charge is 0.239 e. The number of rotatable bonds is 5. The van der Waals surface area contributed by atoms with Gasteiger partial charge >= 0.3 is 0 Å². The van der Waals surface area contributed by atoms with E-state index in [4.69, 9.17) is 4.98 Å². The minimum atomic E-state index is -0.192. The second-order valence-electron chi connectivity index (χ2n) is 10.1. The molecule has 0 aliphatic carbocycles. The molecule has 5 rings (SSSR count). The van der Waals surface area contributed by atoms with Crippen LogP contribution in [0, 0.1) is 0 Å². The van der Waals surface area contributed by atoms with Crippen molar-refractivity contribution in [3.05, 3.63) is 30.1 Å². The van der Waals surface area contributed by atoms with Gasteiger partial charge in [-0.1, -0.05) is 12.1 Å². The molecule has 0 saturated carbocycles. The van der Waals surface area contributed by atoms with Crippen LogP contribution in [0.2, 0.25) is 0 Å². The number of aryl methyl sites for hydroxylation is 1. The van der Waals surface area contributed by atoms with Crippen LogP contribution in [0.1, 0.15) is 25.1 Å². The Hall–Kier alpha value is -2.49. The molecule has 1 N–H and O–H groups in total. The van der Waals surface area contributed by atoms with Gasteiger partial charge in [0.15, 0.2) is 0 Å². The highest BCUT2D eigenvalue weighted by Gasteiger charge is 2.45. The fraction of sp³-hybridized carbons (Fsp3) is 0.640. The molecule has 3 saturated heterocycles. The van der Waals surface area contributed by atoms with Crippen LogP contribution in [0.25, 0.3) is 11.0 Å². The third-order valence-corrected chi connectivity index (χ3v) is 8.12. The van der Waals surface area contributed by atoms with Crippen LogP contribution in [0.4, 0.5) is 0 Å². The zero-order chi connectivity index (χ0) is 23.8. The van der Waals surface area contributed by atoms with Crippen LogP contribution in [0.5, 0.6) is 0 Å². The van der Waals surface area contributed by atoms with Crippen molar-refractivity contribution in [3.8, 4) is 0 Å². The van der Waals surface area contributed by atoms with Gasteiger partial charge in [-0.2, -0.15) is 0 Å². The predicted octanol–water partition coefficient (Wildman–Crippen LogP) is 0.501. The van der Waals surface area contributed by atoms with E-state index in [1.165, 1.54) is 0 Å². The number of nitrogens with zero attached hydrogens (tertiary/aromatic N) is 6. The van der Waals surface area contributed by atoms with Crippen molar-refractivity contribution >= 4 is 22.8 Å². The molecule has 2 amide bonds. The Kier molecular flexibility index (Phi) is 6.59. The highest BCUT2D eigenvalue weighted by molar-refractivity contribution is 5.83. The molecule has 0 radical (unpaired) electrons. The van der Waals surface area contributed by atoms with Gasteiger partial charge in [0.1, 0.15) is 11.9 Å². The lowest BCUT2D eigenvalue weighted by molar-refractivity contribution is -0.133. The Balaban J connectivity index is 1.23. The van der Waals surface area contributed by atoms with Crippen molar-refractivity contribution < 1.29 is 9.59 Å². The normalized spacial score (nSPS) is 27.1. The molecule has 0 bridgehead atoms. The lowest BCUT2D eigenvalue weighted by atomic mass is 10.0. The summed E-state index contributed by atoms with van der Waals surface area (Å²) in [5, 5.41) is 3.18. The van der Waals surface area contributed by atoms with Gasteiger partial charge < -0.3 is 19.7 Å². The Labute approximate surface area is 201 Å². The second kappa shape index (κ2) is 9.64. The maximum atomic E-state index is 13.2. The van der Waals surface area contributed by atoms with Crippen molar-refractivity contribution in [2.24, 2.45) is 7.05 Å². The average molecular weight is 468 g/mol. The molecule has 1 aromatic carbocycles. The summed E-state index contributed by atoms with van der Waals surface area (Å²) in [5.74, 6) is 1.32. The van der Waals surface area contributed by atoms with E-state index in [9.17, 15) is 9.59 Å². The topological polar surface area (TPSA) is 77.0 Å². The van der Waals surface area contributed by atoms with Crippen LogP contribution in [-0.2, 0) is 23.2 Å². The van der Waals surface area contributed by atoms with E-state index in [1.807, 2.05) is 30.1 Å². The summed E-state index contributed by atoms with van der Waals surface area (Å²) >= 11 is 0. The summed E-state index contributed by atoms with van der Waals surface area (Å²) in [6.07, 6.45) is 2.26. The van der Waals surface area contributed by atoms with E-state index < -0.39 is 0 Å². The fourth-order valence-electron chi connectivity index (χ4n) is 5.85. The lowest BCUT2D eigenvalue weighted by Crippen LogP contribution is -2.50. The number of para-hydroxylation sites is 2. The molecule has 3 aliphatic rings. The molecule has 3 fully saturated rings. The first-order valence-corrected chi connectivity index (χ1v) is 12.5. The number of aromatic nitrogens is 2. The van der Waals surface area contributed by atoms with Gasteiger partial charge in [0, 0.05) is 64.8 Å². The van der Waals surface area contributed by atoms with Crippen molar-refractivity contribution in [3.63, 3.8) is 0 Å². The van der Waals surface area contributed by atoms with E-state index in [-0.39, 0.29) is 29.9 Å². The standard InChI is InChI=1S/C25H37N7O2/c1-28-12-14-31(15-13-28)23(33)9-8-18-16-26-25(34)24-21(29(18)2)10-11-32(24)17-22-27-19-6-4-5-7-20(19)30(22)3/h4-7,18,21,24H,8-17H2,1-3H3,(H,26,34)/t18-,21+,24-/m0/s1. The summed E-state index contributed by atoms with van der Waals surface area (Å²) in [6.45, 7) is 5.62. The van der Waals surface area contributed by atoms with E-state index in [2.05, 4.69) is 44.7 Å². The van der Waals surface area contributed by atoms with E-state index in [0.29, 0.717) is 19.5 Å². The molecule has 2 aromatic rings. The second-order valence-corrected chi connectivity index (χ2v) is 10.1. The molecular formula is C25H37N7O2. The van der Waals surface area contributed by atoms with Gasteiger partial charge in [0.2, 0.25) is 11.8 Å². The number of nitrogens with one attached hydrogen (secondary N) is 1. The fourth-order valence-corrected chi connectivity index (χ4v) is 5.85. The summed E-state index contributed by atoms with van der Waals surface area (Å²) in [5.41, 5.74) is 2.10. The number of fused-ring (bicyclic) bond motifs is 2. The number of carbonyl (C=O) groups is 2. The van der Waals surface area contributed by atoms with Gasteiger partial charge in [0.05, 0.1) is 17.6 Å². The van der Waals surface area contributed by atoms with Crippen LogP contribution in [0.3, 0.4) is 0 Å². The first-order chi connectivity index (χ1) is 16.4. The maximum absolute atomic E-state index is 13.2. The number of benzene rings is 1. The molecule has 34 heavy (non-hydrogen) atoms. The lowest BCUT2D eigenvalue weighted by Gasteiger charge is -2.34. The van der Waals surface area contributed by atoms with Crippen molar-refractivity contribution in [2.75, 3.05) is 53.4 Å². The number of hydrogen-bond donors (Lipinski definition) is 1. The molecule has 9 heteroatoms. The monoisotopic (exact) mass is 467 g/mol. The number of imidazole rings is 1. The van der Waals surface area contributed by atoms with Crippen LogP contribution in [0.15, 0.2) is 24.3 Å². The van der Waals surface area contributed by atoms with Crippen LogP contribution < -0.4 is 5.32 Å². The number of likely N-dealkylation sites (N-methyl/N-ethyl adjacent to an activating group) is 2. The van der Waals surface area contributed by atoms with E-state index >= 15 is 0 Å². The van der Waals surface area contributed by atoms with Crippen LogP contribution >= 0.6 is 0 Å². The molecule has 9 nitrogen and oxygen atoms in total. The Morgan fingerprint density at radius 2 is 1.85 bits per heavy atom. The highest BCUT2D eigenvalue weighted by atomic mass is 16.2. The molecule has 184 valence electrons. The number of amides is 2. The number of piperazine rings is 1. The number of carbonyl (C=O) groups excluding carboxylic acids is 2. The van der Waals surface area contributed by atoms with E-state index in [0.717, 1.165) is 62.4 Å². The summed E-state index contributed by atoms with van der Waals surface area (Å²) in [4.78, 5) is 39.7. The van der Waals surface area contributed by atoms with Gasteiger partial charge in [-0.05, 0) is 39.1 Å². The summed E-state index contributed by atoms with van der Waals surface area (Å²) in [6, 6.07) is 8.29. The zero-order valence-corrected chi connectivity index (χ0v) is 20.6. The van der Waals surface area contributed by atoms with Gasteiger partial charge in [0.25, 0.3) is 0 Å². The molecule has 3 aliphatic heterocycles. The van der Waals surface area contributed by atoms with E-state index in [1.54, 1.807) is 0 Å². The molecule has 1 aromatic heterocycles. The number of hydrogen-bond acceptors (Lipinski definition) is 6. The van der Waals surface area contributed by atoms with Crippen LogP contribution in [-0.4, -0.2) is 112 Å². The third-order valence-electron chi connectivity index (χ3n) is 8.12. The summed E-state index contributed by atoms with van der Waals surface area (Å²) in [7, 11) is 6.27. The Morgan fingerprint density at radius 1 is 1.09 bits per heavy atom. The largest absolute Gasteiger partial charge is 0.353 e. The Bertz CT molecular complexity index is 1050. The summed E-state index contributed by atoms with van der Waals surface area (Å²) < 4.78 is 2.13. The minimum absolute atomic E-state index is 0.0982. The number of likely N-dealkylation sites (tertiary alicyclic amines) is 1. The first-order valence-electron chi connectivity index (χ1n) is 12.5. The molecular weight excluding hydrogens is 430 g/mol. The van der Waals surface area contributed by atoms with Gasteiger partial charge in [-0.3, -0.25) is 19.4 Å². The molecule has 0 spiro atoms. The SMILES string of the molecule is CN1CCN(C(=O)CC[C@H]2CNC(=O)[C@@H]3[C@@H](CCN3Cc3nc4ccccc4n3C)N2C)CC1. The molecule has 0 unspecified atom stereocenters. The van der Waals surface area contributed by atoms with Crippen molar-refractivity contribution in [1.82, 2.24) is 34.5 Å². The maximum Gasteiger partial charge on any atom is 0.239 e. The average Bonchev–Trinajstić information content (AvgIpc) is 3.37. The minimum Gasteiger partial charge on any atom is -0.353 e. The molecule has 3 atom stereocenters. The first kappa shape index (κ1) is 23.3. The van der Waals surface area contributed by atoms with Crippen molar-refractivity contribution in [1.29, 1.82) is 0 Å². The quantitative estimate of drug-likeness (QED) is 0.690. The van der Waals surface area contributed by atoms with Gasteiger partial charge in [-0.25, -0.2) is 4.98 Å². The third kappa shape index (κ3) is 4.44. The Morgan fingerprint density at radius 3 is 2.62 bits per heavy atom. The zero-order valence-electron chi connectivity index (χ0n) is 20.6. The van der Waals surface area contributed by atoms with Gasteiger partial charge in [-0.15, -0.1) is 0 Å². The predicted molar refractivity (Wildman–Crippen MR) is 131 cm³/mol. The molecule has 4 heterocycles. The van der Waals surface area contributed by atoms with Crippen molar-refractivity contribution in [2.45, 2.75) is 43.9 Å².